The normalized spacial score (nSPS) is 14.9. The van der Waals surface area contributed by atoms with Crippen molar-refractivity contribution < 1.29 is 9.53 Å². The molecular formula is C26H26BrN3O2S2. The summed E-state index contributed by atoms with van der Waals surface area (Å²) in [6.07, 6.45) is 8.26. The third-order valence-electron chi connectivity index (χ3n) is 5.58. The van der Waals surface area contributed by atoms with E-state index in [9.17, 15) is 4.79 Å². The zero-order valence-corrected chi connectivity index (χ0v) is 22.4. The number of carbonyl (C=O) groups excluding carboxylic acids is 1. The van der Waals surface area contributed by atoms with Gasteiger partial charge in [-0.3, -0.25) is 9.69 Å². The highest BCUT2D eigenvalue weighted by Crippen LogP contribution is 2.36. The molecule has 34 heavy (non-hydrogen) atoms. The second kappa shape index (κ2) is 11.3. The number of hydrogen-bond acceptors (Lipinski definition) is 5. The number of thioether (sulfide) groups is 1. The van der Waals surface area contributed by atoms with Crippen LogP contribution in [0.15, 0.2) is 64.1 Å². The molecule has 2 heterocycles. The van der Waals surface area contributed by atoms with Crippen molar-refractivity contribution in [3.05, 3.63) is 69.7 Å². The summed E-state index contributed by atoms with van der Waals surface area (Å²) in [5, 5.41) is 4.87. The Morgan fingerprint density at radius 1 is 1.15 bits per heavy atom. The Morgan fingerprint density at radius 3 is 2.65 bits per heavy atom. The summed E-state index contributed by atoms with van der Waals surface area (Å²) in [7, 11) is 1.64. The van der Waals surface area contributed by atoms with E-state index in [1.807, 2.05) is 65.5 Å². The van der Waals surface area contributed by atoms with Gasteiger partial charge in [0.15, 0.2) is 0 Å². The van der Waals surface area contributed by atoms with Gasteiger partial charge >= 0.3 is 0 Å². The number of nitrogens with zero attached hydrogens (tertiary/aromatic N) is 3. The highest BCUT2D eigenvalue weighted by molar-refractivity contribution is 9.10. The second-order valence-corrected chi connectivity index (χ2v) is 10.5. The molecule has 176 valence electrons. The molecular weight excluding hydrogens is 530 g/mol. The summed E-state index contributed by atoms with van der Waals surface area (Å²) >= 11 is 10.5. The fourth-order valence-electron chi connectivity index (χ4n) is 3.77. The van der Waals surface area contributed by atoms with E-state index in [0.717, 1.165) is 52.0 Å². The number of ether oxygens (including phenoxy) is 1. The molecule has 1 amide bonds. The molecule has 2 aromatic carbocycles. The standard InChI is InChI=1S/C26H26BrN3O2S2/c1-3-4-5-9-14-29-25(31)23(34-26(29)33)16-19-17-30(20-10-7-6-8-11-20)28-24(19)18-12-13-22(32-2)21(27)15-18/h6-8,10-13,15-17H,3-5,9,14H2,1-2H3. The lowest BCUT2D eigenvalue weighted by Gasteiger charge is -2.13. The van der Waals surface area contributed by atoms with Crippen LogP contribution in [0.4, 0.5) is 0 Å². The van der Waals surface area contributed by atoms with Gasteiger partial charge in [0.05, 0.1) is 22.2 Å². The van der Waals surface area contributed by atoms with Crippen molar-refractivity contribution in [2.24, 2.45) is 0 Å². The maximum atomic E-state index is 13.1. The number of unbranched alkanes of at least 4 members (excludes halogenated alkanes) is 3. The molecule has 0 saturated carbocycles. The molecule has 1 fully saturated rings. The molecule has 1 aliphatic heterocycles. The Morgan fingerprint density at radius 2 is 1.94 bits per heavy atom. The van der Waals surface area contributed by atoms with E-state index in [2.05, 4.69) is 22.9 Å². The van der Waals surface area contributed by atoms with Crippen LogP contribution < -0.4 is 4.74 Å². The number of rotatable bonds is 9. The summed E-state index contributed by atoms with van der Waals surface area (Å²) in [5.74, 6) is 0.720. The van der Waals surface area contributed by atoms with Gasteiger partial charge in [-0.05, 0) is 58.8 Å². The van der Waals surface area contributed by atoms with Crippen LogP contribution in [0, 0.1) is 0 Å². The first-order chi connectivity index (χ1) is 16.5. The zero-order valence-electron chi connectivity index (χ0n) is 19.2. The van der Waals surface area contributed by atoms with E-state index in [1.165, 1.54) is 18.2 Å². The Kier molecular flexibility index (Phi) is 8.24. The molecule has 0 bridgehead atoms. The predicted octanol–water partition coefficient (Wildman–Crippen LogP) is 7.09. The molecule has 1 aromatic heterocycles. The number of methoxy groups -OCH3 is 1. The van der Waals surface area contributed by atoms with Gasteiger partial charge in [-0.1, -0.05) is 68.4 Å². The van der Waals surface area contributed by atoms with E-state index in [4.69, 9.17) is 22.1 Å². The maximum absolute atomic E-state index is 13.1. The lowest BCUT2D eigenvalue weighted by Crippen LogP contribution is -2.29. The van der Waals surface area contributed by atoms with Crippen LogP contribution in [0.5, 0.6) is 5.75 Å². The van der Waals surface area contributed by atoms with Crippen LogP contribution in [0.25, 0.3) is 23.0 Å². The number of thiocarbonyl (C=S) groups is 1. The highest BCUT2D eigenvalue weighted by Gasteiger charge is 2.32. The fourth-order valence-corrected chi connectivity index (χ4v) is 5.61. The molecule has 3 aromatic rings. The Hall–Kier alpha value is -2.42. The minimum Gasteiger partial charge on any atom is -0.496 e. The minimum atomic E-state index is -0.0270. The summed E-state index contributed by atoms with van der Waals surface area (Å²) < 4.78 is 8.68. The lowest BCUT2D eigenvalue weighted by atomic mass is 10.1. The molecule has 0 radical (unpaired) electrons. The van der Waals surface area contributed by atoms with Gasteiger partial charge in [-0.15, -0.1) is 0 Å². The van der Waals surface area contributed by atoms with Crippen molar-refractivity contribution in [1.82, 2.24) is 14.7 Å². The number of hydrogen-bond donors (Lipinski definition) is 0. The van der Waals surface area contributed by atoms with Gasteiger partial charge in [0.1, 0.15) is 15.8 Å². The van der Waals surface area contributed by atoms with Crippen molar-refractivity contribution in [2.45, 2.75) is 32.6 Å². The first kappa shape index (κ1) is 24.7. The van der Waals surface area contributed by atoms with Gasteiger partial charge in [0.2, 0.25) is 0 Å². The van der Waals surface area contributed by atoms with Crippen molar-refractivity contribution in [1.29, 1.82) is 0 Å². The topological polar surface area (TPSA) is 47.4 Å². The van der Waals surface area contributed by atoms with E-state index in [1.54, 1.807) is 12.0 Å². The average Bonchev–Trinajstić information content (AvgIpc) is 3.38. The van der Waals surface area contributed by atoms with Gasteiger partial charge in [0, 0.05) is 23.9 Å². The number of amides is 1. The van der Waals surface area contributed by atoms with E-state index < -0.39 is 0 Å². The molecule has 1 aliphatic rings. The summed E-state index contributed by atoms with van der Waals surface area (Å²) in [5.41, 5.74) is 3.50. The molecule has 0 unspecified atom stereocenters. The number of benzene rings is 2. The van der Waals surface area contributed by atoms with Crippen LogP contribution in [0.2, 0.25) is 0 Å². The van der Waals surface area contributed by atoms with Gasteiger partial charge < -0.3 is 4.74 Å². The van der Waals surface area contributed by atoms with Gasteiger partial charge in [0.25, 0.3) is 5.91 Å². The molecule has 1 saturated heterocycles. The lowest BCUT2D eigenvalue weighted by molar-refractivity contribution is -0.122. The number of aromatic nitrogens is 2. The maximum Gasteiger partial charge on any atom is 0.266 e. The quantitative estimate of drug-likeness (QED) is 0.160. The highest BCUT2D eigenvalue weighted by atomic mass is 79.9. The van der Waals surface area contributed by atoms with Crippen molar-refractivity contribution in [2.75, 3.05) is 13.7 Å². The van der Waals surface area contributed by atoms with Crippen molar-refractivity contribution in [3.63, 3.8) is 0 Å². The largest absolute Gasteiger partial charge is 0.496 e. The van der Waals surface area contributed by atoms with Crippen LogP contribution in [0.3, 0.4) is 0 Å². The first-order valence-electron chi connectivity index (χ1n) is 11.3. The van der Waals surface area contributed by atoms with Crippen molar-refractivity contribution in [3.8, 4) is 22.7 Å². The zero-order chi connectivity index (χ0) is 24.1. The third kappa shape index (κ3) is 5.45. The molecule has 0 spiro atoms. The first-order valence-corrected chi connectivity index (χ1v) is 13.3. The van der Waals surface area contributed by atoms with Crippen LogP contribution in [0.1, 0.15) is 38.2 Å². The third-order valence-corrected chi connectivity index (χ3v) is 7.58. The number of para-hydroxylation sites is 1. The summed E-state index contributed by atoms with van der Waals surface area (Å²) in [4.78, 5) is 15.5. The second-order valence-electron chi connectivity index (χ2n) is 7.96. The Balaban J connectivity index is 1.70. The van der Waals surface area contributed by atoms with Crippen LogP contribution in [-0.2, 0) is 4.79 Å². The minimum absolute atomic E-state index is 0.0270. The number of halogens is 1. The van der Waals surface area contributed by atoms with E-state index in [-0.39, 0.29) is 5.91 Å². The van der Waals surface area contributed by atoms with Crippen LogP contribution >= 0.6 is 39.9 Å². The Labute approximate surface area is 218 Å². The van der Waals surface area contributed by atoms with Crippen LogP contribution in [-0.4, -0.2) is 38.6 Å². The SMILES string of the molecule is CCCCCCN1C(=O)C(=Cc2cn(-c3ccccc3)nc2-c2ccc(OC)c(Br)c2)SC1=S. The van der Waals surface area contributed by atoms with E-state index in [0.29, 0.717) is 15.8 Å². The molecule has 8 heteroatoms. The van der Waals surface area contributed by atoms with E-state index >= 15 is 0 Å². The van der Waals surface area contributed by atoms with Gasteiger partial charge in [-0.2, -0.15) is 5.10 Å². The Bertz CT molecular complexity index is 1220. The number of carbonyl (C=O) groups is 1. The van der Waals surface area contributed by atoms with Gasteiger partial charge in [-0.25, -0.2) is 4.68 Å². The summed E-state index contributed by atoms with van der Waals surface area (Å²) in [6, 6.07) is 15.8. The predicted molar refractivity (Wildman–Crippen MR) is 147 cm³/mol. The summed E-state index contributed by atoms with van der Waals surface area (Å²) in [6.45, 7) is 2.85. The fraction of sp³-hybridized carbons (Fsp3) is 0.269. The monoisotopic (exact) mass is 555 g/mol. The smallest absolute Gasteiger partial charge is 0.266 e. The molecule has 0 atom stereocenters. The molecule has 4 rings (SSSR count). The average molecular weight is 557 g/mol. The van der Waals surface area contributed by atoms with Crippen molar-refractivity contribution >= 4 is 56.2 Å². The molecule has 5 nitrogen and oxygen atoms in total. The molecule has 0 aliphatic carbocycles. The molecule has 0 N–H and O–H groups in total.